The number of carbonyl (C=O) groups excluding carboxylic acids is 3. The van der Waals surface area contributed by atoms with Crippen molar-refractivity contribution in [2.24, 2.45) is 0 Å². The van der Waals surface area contributed by atoms with Gasteiger partial charge in [0.1, 0.15) is 22.1 Å². The van der Waals surface area contributed by atoms with Crippen molar-refractivity contribution in [1.82, 2.24) is 4.98 Å². The van der Waals surface area contributed by atoms with E-state index in [4.69, 9.17) is 14.2 Å². The fraction of sp³-hybridized carbons (Fsp3) is 0.259. The number of hydrogen-bond acceptors (Lipinski definition) is 9. The maximum atomic E-state index is 13.4. The van der Waals surface area contributed by atoms with Crippen molar-refractivity contribution in [1.29, 1.82) is 0 Å². The molecule has 1 amide bonds. The third-order valence-electron chi connectivity index (χ3n) is 5.72. The van der Waals surface area contributed by atoms with Gasteiger partial charge in [0.15, 0.2) is 5.13 Å². The lowest BCUT2D eigenvalue weighted by molar-refractivity contribution is -0.132. The van der Waals surface area contributed by atoms with Crippen LogP contribution in [0.25, 0.3) is 5.76 Å². The normalized spacial score (nSPS) is 16.8. The van der Waals surface area contributed by atoms with Crippen molar-refractivity contribution >= 4 is 39.9 Å². The van der Waals surface area contributed by atoms with E-state index in [0.717, 1.165) is 11.3 Å². The Labute approximate surface area is 217 Å². The molecule has 0 saturated carbocycles. The molecule has 3 aromatic rings. The first-order valence-corrected chi connectivity index (χ1v) is 12.3. The standard InChI is InChI=1S/C27H26N2O7S/c1-14(2)36-18-11-9-16(10-12-18)21-20(22(30)17-7-6-8-19(13-17)34-4)23(31)25(32)29(21)27-28-15(3)24(37-27)26(33)35-5/h6-14,21,30H,1-5H3. The molecule has 37 heavy (non-hydrogen) atoms. The predicted molar refractivity (Wildman–Crippen MR) is 138 cm³/mol. The third kappa shape index (κ3) is 4.92. The molecule has 0 spiro atoms. The van der Waals surface area contributed by atoms with Crippen LogP contribution in [0.5, 0.6) is 11.5 Å². The second-order valence-electron chi connectivity index (χ2n) is 8.54. The van der Waals surface area contributed by atoms with Gasteiger partial charge in [-0.25, -0.2) is 9.78 Å². The Hall–Kier alpha value is -4.18. The Balaban J connectivity index is 1.90. The zero-order chi connectivity index (χ0) is 26.9. The summed E-state index contributed by atoms with van der Waals surface area (Å²) in [5, 5.41) is 11.4. The third-order valence-corrected chi connectivity index (χ3v) is 6.85. The predicted octanol–water partition coefficient (Wildman–Crippen LogP) is 4.66. The minimum Gasteiger partial charge on any atom is -0.507 e. The summed E-state index contributed by atoms with van der Waals surface area (Å²) in [6.07, 6.45) is -0.0421. The molecule has 192 valence electrons. The van der Waals surface area contributed by atoms with E-state index < -0.39 is 23.7 Å². The lowest BCUT2D eigenvalue weighted by atomic mass is 9.95. The van der Waals surface area contributed by atoms with Crippen LogP contribution in [0, 0.1) is 6.92 Å². The first kappa shape index (κ1) is 25.9. The van der Waals surface area contributed by atoms with Gasteiger partial charge in [-0.2, -0.15) is 0 Å². The monoisotopic (exact) mass is 522 g/mol. The highest BCUT2D eigenvalue weighted by molar-refractivity contribution is 7.17. The van der Waals surface area contributed by atoms with Gasteiger partial charge >= 0.3 is 11.9 Å². The molecule has 1 fully saturated rings. The second-order valence-corrected chi connectivity index (χ2v) is 9.52. The minimum absolute atomic E-state index is 0.0421. The number of anilines is 1. The van der Waals surface area contributed by atoms with E-state index in [1.165, 1.54) is 19.1 Å². The van der Waals surface area contributed by atoms with Gasteiger partial charge in [-0.15, -0.1) is 0 Å². The maximum Gasteiger partial charge on any atom is 0.350 e. The van der Waals surface area contributed by atoms with Crippen molar-refractivity contribution in [3.63, 3.8) is 0 Å². The number of amides is 1. The molecular weight excluding hydrogens is 496 g/mol. The Kier molecular flexibility index (Phi) is 7.30. The number of ketones is 1. The lowest BCUT2D eigenvalue weighted by Gasteiger charge is -2.23. The van der Waals surface area contributed by atoms with Crippen LogP contribution in [-0.2, 0) is 14.3 Å². The molecule has 1 saturated heterocycles. The summed E-state index contributed by atoms with van der Waals surface area (Å²) in [6.45, 7) is 5.42. The SMILES string of the molecule is COC(=O)c1sc(N2C(=O)C(=O)C(=C(O)c3cccc(OC)c3)C2c2ccc(OC(C)C)cc2)nc1C. The topological polar surface area (TPSA) is 115 Å². The van der Waals surface area contributed by atoms with Crippen molar-refractivity contribution in [3.8, 4) is 11.5 Å². The molecule has 0 aliphatic carbocycles. The Morgan fingerprint density at radius 2 is 1.78 bits per heavy atom. The molecule has 1 unspecified atom stereocenters. The average Bonchev–Trinajstić information content (AvgIpc) is 3.39. The number of esters is 1. The smallest absolute Gasteiger partial charge is 0.350 e. The Morgan fingerprint density at radius 3 is 2.41 bits per heavy atom. The van der Waals surface area contributed by atoms with Crippen LogP contribution in [0.3, 0.4) is 0 Å². The van der Waals surface area contributed by atoms with Gasteiger partial charge in [0.25, 0.3) is 5.78 Å². The fourth-order valence-corrected chi connectivity index (χ4v) is 5.05. The van der Waals surface area contributed by atoms with Crippen LogP contribution in [0.15, 0.2) is 54.1 Å². The number of aryl methyl sites for hydroxylation is 1. The number of Topliss-reactive ketones (excluding diaryl/α,β-unsaturated/α-hetero) is 1. The number of carbonyl (C=O) groups is 3. The molecule has 1 aliphatic heterocycles. The van der Waals surface area contributed by atoms with Crippen LogP contribution >= 0.6 is 11.3 Å². The maximum absolute atomic E-state index is 13.4. The summed E-state index contributed by atoms with van der Waals surface area (Å²) < 4.78 is 15.8. The summed E-state index contributed by atoms with van der Waals surface area (Å²) in [5.41, 5.74) is 1.11. The minimum atomic E-state index is -1.00. The fourth-order valence-electron chi connectivity index (χ4n) is 4.04. The Bertz CT molecular complexity index is 1390. The van der Waals surface area contributed by atoms with Gasteiger partial charge < -0.3 is 19.3 Å². The van der Waals surface area contributed by atoms with E-state index in [2.05, 4.69) is 4.98 Å². The summed E-state index contributed by atoms with van der Waals surface area (Å²) in [5.74, 6) is -1.61. The quantitative estimate of drug-likeness (QED) is 0.206. The summed E-state index contributed by atoms with van der Waals surface area (Å²) in [7, 11) is 2.74. The van der Waals surface area contributed by atoms with Gasteiger partial charge in [-0.05, 0) is 50.6 Å². The van der Waals surface area contributed by atoms with Crippen LogP contribution in [0.2, 0.25) is 0 Å². The molecule has 1 atom stereocenters. The number of methoxy groups -OCH3 is 2. The van der Waals surface area contributed by atoms with E-state index in [-0.39, 0.29) is 27.4 Å². The van der Waals surface area contributed by atoms with Crippen molar-refractivity contribution in [3.05, 3.63) is 75.8 Å². The number of thiazole rings is 1. The molecular formula is C27H26N2O7S. The lowest BCUT2D eigenvalue weighted by Crippen LogP contribution is -2.29. The van der Waals surface area contributed by atoms with E-state index in [1.807, 2.05) is 13.8 Å². The summed E-state index contributed by atoms with van der Waals surface area (Å²) >= 11 is 0.939. The summed E-state index contributed by atoms with van der Waals surface area (Å²) in [4.78, 5) is 44.7. The highest BCUT2D eigenvalue weighted by Crippen LogP contribution is 2.44. The zero-order valence-electron chi connectivity index (χ0n) is 21.0. The molecule has 9 nitrogen and oxygen atoms in total. The zero-order valence-corrected chi connectivity index (χ0v) is 21.8. The van der Waals surface area contributed by atoms with Gasteiger partial charge in [0.05, 0.1) is 37.6 Å². The van der Waals surface area contributed by atoms with Crippen molar-refractivity contribution < 1.29 is 33.7 Å². The molecule has 0 bridgehead atoms. The van der Waals surface area contributed by atoms with Gasteiger partial charge in [0, 0.05) is 5.56 Å². The average molecular weight is 523 g/mol. The van der Waals surface area contributed by atoms with Crippen LogP contribution in [0.4, 0.5) is 5.13 Å². The van der Waals surface area contributed by atoms with Crippen molar-refractivity contribution in [2.45, 2.75) is 32.9 Å². The number of nitrogens with zero attached hydrogens (tertiary/aromatic N) is 2. The number of aliphatic hydroxyl groups excluding tert-OH is 1. The van der Waals surface area contributed by atoms with E-state index in [0.29, 0.717) is 28.3 Å². The molecule has 2 heterocycles. The molecule has 1 N–H and O–H groups in total. The van der Waals surface area contributed by atoms with E-state index >= 15 is 0 Å². The molecule has 1 aromatic heterocycles. The van der Waals surface area contributed by atoms with Crippen LogP contribution < -0.4 is 14.4 Å². The number of benzene rings is 2. The number of rotatable bonds is 7. The number of aliphatic hydroxyl groups is 1. The second kappa shape index (κ2) is 10.4. The highest BCUT2D eigenvalue weighted by Gasteiger charge is 2.48. The van der Waals surface area contributed by atoms with E-state index in [9.17, 15) is 19.5 Å². The number of hydrogen-bond donors (Lipinski definition) is 1. The van der Waals surface area contributed by atoms with Gasteiger partial charge in [-0.1, -0.05) is 35.6 Å². The Morgan fingerprint density at radius 1 is 1.08 bits per heavy atom. The van der Waals surface area contributed by atoms with Crippen molar-refractivity contribution in [2.75, 3.05) is 19.1 Å². The van der Waals surface area contributed by atoms with E-state index in [1.54, 1.807) is 55.5 Å². The van der Waals surface area contributed by atoms with Crippen LogP contribution in [-0.4, -0.2) is 48.1 Å². The summed E-state index contributed by atoms with van der Waals surface area (Å²) in [6, 6.07) is 12.5. The first-order chi connectivity index (χ1) is 17.7. The molecule has 2 aromatic carbocycles. The largest absolute Gasteiger partial charge is 0.507 e. The van der Waals surface area contributed by atoms with Crippen LogP contribution in [0.1, 0.15) is 46.4 Å². The molecule has 4 rings (SSSR count). The number of aromatic nitrogens is 1. The first-order valence-electron chi connectivity index (χ1n) is 11.4. The van der Waals surface area contributed by atoms with Gasteiger partial charge in [0.2, 0.25) is 0 Å². The molecule has 10 heteroatoms. The molecule has 0 radical (unpaired) electrons. The highest BCUT2D eigenvalue weighted by atomic mass is 32.1. The van der Waals surface area contributed by atoms with Gasteiger partial charge in [-0.3, -0.25) is 14.5 Å². The molecule has 1 aliphatic rings. The number of ether oxygens (including phenoxy) is 3.